The van der Waals surface area contributed by atoms with Crippen molar-refractivity contribution < 1.29 is 4.79 Å². The van der Waals surface area contributed by atoms with E-state index in [-0.39, 0.29) is 11.8 Å². The number of aromatic nitrogens is 2. The van der Waals surface area contributed by atoms with Crippen molar-refractivity contribution >= 4 is 11.7 Å². The third-order valence-electron chi connectivity index (χ3n) is 5.02. The molecule has 6 heteroatoms. The minimum Gasteiger partial charge on any atom is -0.384 e. The molecule has 0 aliphatic carbocycles. The van der Waals surface area contributed by atoms with Gasteiger partial charge in [0.2, 0.25) is 5.91 Å². The number of amides is 1. The smallest absolute Gasteiger partial charge is 0.225 e. The van der Waals surface area contributed by atoms with Gasteiger partial charge in [-0.15, -0.1) is 0 Å². The van der Waals surface area contributed by atoms with Crippen LogP contribution < -0.4 is 5.73 Å². The zero-order chi connectivity index (χ0) is 18.5. The number of nitrogens with zero attached hydrogens (tertiary/aromatic N) is 4. The van der Waals surface area contributed by atoms with E-state index < -0.39 is 0 Å². The lowest BCUT2D eigenvalue weighted by molar-refractivity contribution is -0.134. The number of hydrogen-bond donors (Lipinski definition) is 1. The summed E-state index contributed by atoms with van der Waals surface area (Å²) in [5.41, 5.74) is 6.93. The number of nitrogens with two attached hydrogens (primary N) is 1. The van der Waals surface area contributed by atoms with Crippen LogP contribution in [0, 0.1) is 5.92 Å². The molecule has 2 N–H and O–H groups in total. The number of anilines is 1. The molecular weight excluding hydrogens is 326 g/mol. The molecule has 1 aromatic heterocycles. The zero-order valence-corrected chi connectivity index (χ0v) is 15.5. The Morgan fingerprint density at radius 1 is 1.35 bits per heavy atom. The number of likely N-dealkylation sites (tertiary alicyclic amines) is 1. The van der Waals surface area contributed by atoms with Gasteiger partial charge in [0.05, 0.1) is 6.54 Å². The second-order valence-electron chi connectivity index (χ2n) is 7.13. The molecule has 2 heterocycles. The maximum absolute atomic E-state index is 12.8. The van der Waals surface area contributed by atoms with Gasteiger partial charge in [0.15, 0.2) is 0 Å². The highest BCUT2D eigenvalue weighted by atomic mass is 16.2. The highest BCUT2D eigenvalue weighted by Gasteiger charge is 2.31. The van der Waals surface area contributed by atoms with Crippen LogP contribution in [0.5, 0.6) is 0 Å². The molecule has 0 unspecified atom stereocenters. The van der Waals surface area contributed by atoms with E-state index in [0.717, 1.165) is 31.8 Å². The SMILES string of the molecule is C[C@H](Cc1ccccc1)C(=O)N1CC[C@@H](N(C)Cc2nccc(N)n2)C1. The van der Waals surface area contributed by atoms with E-state index in [1.165, 1.54) is 5.56 Å². The summed E-state index contributed by atoms with van der Waals surface area (Å²) in [6.45, 7) is 4.23. The van der Waals surface area contributed by atoms with Crippen LogP contribution in [-0.2, 0) is 17.8 Å². The van der Waals surface area contributed by atoms with Crippen LogP contribution in [0.3, 0.4) is 0 Å². The normalized spacial score (nSPS) is 18.3. The lowest BCUT2D eigenvalue weighted by Crippen LogP contribution is -2.38. The summed E-state index contributed by atoms with van der Waals surface area (Å²) >= 11 is 0. The second-order valence-corrected chi connectivity index (χ2v) is 7.13. The molecule has 1 aliphatic rings. The summed E-state index contributed by atoms with van der Waals surface area (Å²) in [7, 11) is 2.05. The van der Waals surface area contributed by atoms with E-state index in [1.54, 1.807) is 12.3 Å². The Labute approximate surface area is 155 Å². The fraction of sp³-hybridized carbons (Fsp3) is 0.450. The molecule has 0 radical (unpaired) electrons. The van der Waals surface area contributed by atoms with E-state index >= 15 is 0 Å². The Morgan fingerprint density at radius 3 is 2.85 bits per heavy atom. The zero-order valence-electron chi connectivity index (χ0n) is 15.5. The van der Waals surface area contributed by atoms with Crippen LogP contribution >= 0.6 is 0 Å². The molecule has 26 heavy (non-hydrogen) atoms. The molecule has 2 atom stereocenters. The van der Waals surface area contributed by atoms with E-state index in [1.807, 2.05) is 30.0 Å². The molecule has 0 spiro atoms. The third kappa shape index (κ3) is 4.58. The topological polar surface area (TPSA) is 75.4 Å². The summed E-state index contributed by atoms with van der Waals surface area (Å²) in [5.74, 6) is 1.44. The highest BCUT2D eigenvalue weighted by Crippen LogP contribution is 2.20. The minimum atomic E-state index is -0.00119. The Morgan fingerprint density at radius 2 is 2.12 bits per heavy atom. The summed E-state index contributed by atoms with van der Waals surface area (Å²) in [5, 5.41) is 0. The average molecular weight is 353 g/mol. The maximum Gasteiger partial charge on any atom is 0.225 e. The summed E-state index contributed by atoms with van der Waals surface area (Å²) < 4.78 is 0. The molecule has 1 aromatic carbocycles. The number of benzene rings is 1. The summed E-state index contributed by atoms with van der Waals surface area (Å²) in [6, 6.07) is 12.2. The van der Waals surface area contributed by atoms with Crippen LogP contribution in [0.15, 0.2) is 42.6 Å². The standard InChI is InChI=1S/C20H27N5O/c1-15(12-16-6-4-3-5-7-16)20(26)25-11-9-17(13-25)24(2)14-19-22-10-8-18(21)23-19/h3-8,10,15,17H,9,11-14H2,1-2H3,(H2,21,22,23)/t15-,17-/m1/s1. The predicted octanol–water partition coefficient (Wildman–Crippen LogP) is 1.97. The molecule has 138 valence electrons. The molecule has 1 aliphatic heterocycles. The number of likely N-dealkylation sites (N-methyl/N-ethyl adjacent to an activating group) is 1. The largest absolute Gasteiger partial charge is 0.384 e. The fourth-order valence-corrected chi connectivity index (χ4v) is 3.51. The molecular formula is C20H27N5O. The first kappa shape index (κ1) is 18.3. The molecule has 0 saturated carbocycles. The van der Waals surface area contributed by atoms with Gasteiger partial charge in [0, 0.05) is 31.2 Å². The quantitative estimate of drug-likeness (QED) is 0.859. The van der Waals surface area contributed by atoms with E-state index in [4.69, 9.17) is 5.73 Å². The van der Waals surface area contributed by atoms with Gasteiger partial charge in [-0.25, -0.2) is 9.97 Å². The van der Waals surface area contributed by atoms with E-state index in [9.17, 15) is 4.79 Å². The lowest BCUT2D eigenvalue weighted by Gasteiger charge is -2.25. The van der Waals surface area contributed by atoms with Gasteiger partial charge in [-0.2, -0.15) is 0 Å². The number of hydrogen-bond acceptors (Lipinski definition) is 5. The van der Waals surface area contributed by atoms with E-state index in [2.05, 4.69) is 34.0 Å². The minimum absolute atomic E-state index is 0.00119. The Hall–Kier alpha value is -2.47. The van der Waals surface area contributed by atoms with Gasteiger partial charge in [-0.1, -0.05) is 37.3 Å². The van der Waals surface area contributed by atoms with Crippen LogP contribution in [0.4, 0.5) is 5.82 Å². The molecule has 1 fully saturated rings. The first-order valence-electron chi connectivity index (χ1n) is 9.13. The Balaban J connectivity index is 1.53. The first-order chi connectivity index (χ1) is 12.5. The van der Waals surface area contributed by atoms with Crippen molar-refractivity contribution in [2.45, 2.75) is 32.4 Å². The van der Waals surface area contributed by atoms with Gasteiger partial charge in [-0.3, -0.25) is 9.69 Å². The fourth-order valence-electron chi connectivity index (χ4n) is 3.51. The van der Waals surface area contributed by atoms with Gasteiger partial charge in [-0.05, 0) is 31.5 Å². The lowest BCUT2D eigenvalue weighted by atomic mass is 10.00. The van der Waals surface area contributed by atoms with Crippen molar-refractivity contribution in [2.75, 3.05) is 25.9 Å². The molecule has 0 bridgehead atoms. The van der Waals surface area contributed by atoms with Crippen molar-refractivity contribution in [3.05, 3.63) is 54.0 Å². The van der Waals surface area contributed by atoms with Gasteiger partial charge in [0.1, 0.15) is 11.6 Å². The molecule has 3 rings (SSSR count). The number of rotatable bonds is 6. The van der Waals surface area contributed by atoms with Crippen LogP contribution in [0.2, 0.25) is 0 Å². The Bertz CT molecular complexity index is 736. The molecule has 6 nitrogen and oxygen atoms in total. The van der Waals surface area contributed by atoms with Crippen LogP contribution in [0.25, 0.3) is 0 Å². The highest BCUT2D eigenvalue weighted by molar-refractivity contribution is 5.79. The summed E-state index contributed by atoms with van der Waals surface area (Å²) in [4.78, 5) is 25.5. The maximum atomic E-state index is 12.8. The monoisotopic (exact) mass is 353 g/mol. The average Bonchev–Trinajstić information content (AvgIpc) is 3.12. The van der Waals surface area contributed by atoms with Gasteiger partial charge in [0.25, 0.3) is 0 Å². The summed E-state index contributed by atoms with van der Waals surface area (Å²) in [6.07, 6.45) is 3.44. The second kappa shape index (κ2) is 8.27. The van der Waals surface area contributed by atoms with E-state index in [0.29, 0.717) is 18.4 Å². The van der Waals surface area contributed by atoms with Crippen molar-refractivity contribution in [3.8, 4) is 0 Å². The first-order valence-corrected chi connectivity index (χ1v) is 9.13. The molecule has 1 amide bonds. The van der Waals surface area contributed by atoms with Crippen LogP contribution in [0.1, 0.15) is 24.7 Å². The van der Waals surface area contributed by atoms with Crippen molar-refractivity contribution in [1.29, 1.82) is 0 Å². The number of carbonyl (C=O) groups is 1. The molecule has 2 aromatic rings. The number of carbonyl (C=O) groups excluding carboxylic acids is 1. The van der Waals surface area contributed by atoms with Crippen LogP contribution in [-0.4, -0.2) is 51.9 Å². The van der Waals surface area contributed by atoms with Crippen molar-refractivity contribution in [3.63, 3.8) is 0 Å². The predicted molar refractivity (Wildman–Crippen MR) is 102 cm³/mol. The van der Waals surface area contributed by atoms with Crippen molar-refractivity contribution in [1.82, 2.24) is 19.8 Å². The third-order valence-corrected chi connectivity index (χ3v) is 5.02. The van der Waals surface area contributed by atoms with Crippen molar-refractivity contribution in [2.24, 2.45) is 5.92 Å². The van der Waals surface area contributed by atoms with Gasteiger partial charge >= 0.3 is 0 Å². The molecule has 1 saturated heterocycles. The van der Waals surface area contributed by atoms with Gasteiger partial charge < -0.3 is 10.6 Å². The Kier molecular flexibility index (Phi) is 5.83. The number of nitrogen functional groups attached to an aromatic ring is 1.